The van der Waals surface area contributed by atoms with E-state index in [9.17, 15) is 4.79 Å². The quantitative estimate of drug-likeness (QED) is 0.314. The van der Waals surface area contributed by atoms with E-state index in [1.807, 2.05) is 30.3 Å². The number of fused-ring (bicyclic) bond motifs is 2. The van der Waals surface area contributed by atoms with Gasteiger partial charge in [-0.25, -0.2) is 9.98 Å². The summed E-state index contributed by atoms with van der Waals surface area (Å²) in [4.78, 5) is 21.2. The standard InChI is InChI=1S/C24H15Cl2N3O2S/c1-12-2-7-19-20(8-12)32-24(29-19)13-3-5-16(6-4-13)28-23-17(22(27)30)10-14-9-15(25)11-18(26)21(14)31-23/h2-11H,1H3,(H2,27,30). The van der Waals surface area contributed by atoms with E-state index in [2.05, 4.69) is 24.0 Å². The van der Waals surface area contributed by atoms with Gasteiger partial charge >= 0.3 is 0 Å². The molecule has 3 aromatic carbocycles. The van der Waals surface area contributed by atoms with Gasteiger partial charge in [0.05, 0.1) is 20.9 Å². The number of rotatable bonds is 3. The second-order valence-electron chi connectivity index (χ2n) is 7.28. The van der Waals surface area contributed by atoms with E-state index in [4.69, 9.17) is 38.3 Å². The van der Waals surface area contributed by atoms with Crippen LogP contribution in [0.2, 0.25) is 10.0 Å². The third-order valence-electron chi connectivity index (χ3n) is 4.92. The zero-order valence-corrected chi connectivity index (χ0v) is 19.1. The minimum Gasteiger partial charge on any atom is -0.436 e. The first-order chi connectivity index (χ1) is 15.4. The lowest BCUT2D eigenvalue weighted by molar-refractivity contribution is 0.0996. The van der Waals surface area contributed by atoms with Crippen molar-refractivity contribution in [2.75, 3.05) is 0 Å². The van der Waals surface area contributed by atoms with Crippen LogP contribution in [-0.2, 0) is 0 Å². The fourth-order valence-electron chi connectivity index (χ4n) is 3.37. The summed E-state index contributed by atoms with van der Waals surface area (Å²) >= 11 is 14.0. The molecule has 0 aliphatic heterocycles. The molecule has 2 N–H and O–H groups in total. The third kappa shape index (κ3) is 3.88. The van der Waals surface area contributed by atoms with Gasteiger partial charge in [-0.2, -0.15) is 0 Å². The van der Waals surface area contributed by atoms with Crippen molar-refractivity contribution >= 4 is 67.3 Å². The number of primary amides is 1. The van der Waals surface area contributed by atoms with Crippen molar-refractivity contribution in [2.45, 2.75) is 6.92 Å². The van der Waals surface area contributed by atoms with Crippen LogP contribution >= 0.6 is 34.5 Å². The monoisotopic (exact) mass is 479 g/mol. The van der Waals surface area contributed by atoms with Crippen LogP contribution in [0.15, 0.2) is 70.1 Å². The van der Waals surface area contributed by atoms with Crippen LogP contribution in [0.4, 0.5) is 5.69 Å². The van der Waals surface area contributed by atoms with Crippen molar-refractivity contribution in [1.82, 2.24) is 4.98 Å². The highest BCUT2D eigenvalue weighted by atomic mass is 35.5. The molecule has 0 aliphatic carbocycles. The summed E-state index contributed by atoms with van der Waals surface area (Å²) in [6.07, 6.45) is 0. The van der Waals surface area contributed by atoms with Crippen LogP contribution in [0, 0.1) is 6.92 Å². The zero-order chi connectivity index (χ0) is 22.4. The smallest absolute Gasteiger partial charge is 0.254 e. The molecule has 0 fully saturated rings. The highest BCUT2D eigenvalue weighted by molar-refractivity contribution is 7.21. The number of thiazole rings is 1. The molecule has 0 aliphatic rings. The van der Waals surface area contributed by atoms with Crippen molar-refractivity contribution in [1.29, 1.82) is 0 Å². The molecule has 5 aromatic rings. The van der Waals surface area contributed by atoms with Gasteiger partial charge in [0, 0.05) is 16.0 Å². The fourth-order valence-corrected chi connectivity index (χ4v) is 4.99. The van der Waals surface area contributed by atoms with E-state index in [1.165, 1.54) is 5.56 Å². The van der Waals surface area contributed by atoms with Crippen LogP contribution in [0.5, 0.6) is 0 Å². The van der Waals surface area contributed by atoms with Gasteiger partial charge in [-0.1, -0.05) is 29.3 Å². The van der Waals surface area contributed by atoms with Gasteiger partial charge in [0.1, 0.15) is 10.6 Å². The van der Waals surface area contributed by atoms with Crippen molar-refractivity contribution in [3.63, 3.8) is 0 Å². The molecule has 0 spiro atoms. The van der Waals surface area contributed by atoms with Gasteiger partial charge < -0.3 is 10.2 Å². The molecule has 5 nitrogen and oxygen atoms in total. The van der Waals surface area contributed by atoms with Crippen LogP contribution in [-0.4, -0.2) is 10.9 Å². The summed E-state index contributed by atoms with van der Waals surface area (Å²) in [5.41, 5.74) is 9.90. The minimum atomic E-state index is -0.660. The SMILES string of the molecule is Cc1ccc2nc(-c3ccc(N=c4oc5c(Cl)cc(Cl)cc5cc4C(N)=O)cc3)sc2c1. The summed E-state index contributed by atoms with van der Waals surface area (Å²) in [5, 5.41) is 2.24. The molecule has 2 aromatic heterocycles. The maximum absolute atomic E-state index is 12.0. The first kappa shape index (κ1) is 20.7. The summed E-state index contributed by atoms with van der Waals surface area (Å²) in [5.74, 6) is -0.660. The molecular weight excluding hydrogens is 465 g/mol. The topological polar surface area (TPSA) is 81.5 Å². The summed E-state index contributed by atoms with van der Waals surface area (Å²) in [6.45, 7) is 2.06. The predicted octanol–water partition coefficient (Wildman–Crippen LogP) is 6.66. The minimum absolute atomic E-state index is 0.0810. The maximum atomic E-state index is 12.0. The van der Waals surface area contributed by atoms with Gasteiger partial charge in [0.25, 0.3) is 5.91 Å². The molecule has 0 atom stereocenters. The van der Waals surface area contributed by atoms with Crippen molar-refractivity contribution in [3.05, 3.63) is 87.4 Å². The number of carbonyl (C=O) groups excluding carboxylic acids is 1. The molecule has 0 saturated carbocycles. The largest absolute Gasteiger partial charge is 0.436 e. The van der Waals surface area contributed by atoms with Gasteiger partial charge in [-0.3, -0.25) is 4.79 Å². The number of nitrogens with two attached hydrogens (primary N) is 1. The Hall–Kier alpha value is -3.19. The second kappa shape index (κ2) is 8.06. The number of benzene rings is 3. The molecular formula is C24H15Cl2N3O2S. The number of aromatic nitrogens is 1. The predicted molar refractivity (Wildman–Crippen MR) is 130 cm³/mol. The molecule has 32 heavy (non-hydrogen) atoms. The van der Waals surface area contributed by atoms with Gasteiger partial charge in [-0.15, -0.1) is 11.3 Å². The molecule has 158 valence electrons. The third-order valence-corrected chi connectivity index (χ3v) is 6.49. The molecule has 2 heterocycles. The summed E-state index contributed by atoms with van der Waals surface area (Å²) in [6, 6.07) is 18.5. The van der Waals surface area contributed by atoms with E-state index in [0.717, 1.165) is 20.8 Å². The number of amides is 1. The highest BCUT2D eigenvalue weighted by Gasteiger charge is 2.13. The highest BCUT2D eigenvalue weighted by Crippen LogP contribution is 2.32. The lowest BCUT2D eigenvalue weighted by Crippen LogP contribution is -2.21. The van der Waals surface area contributed by atoms with E-state index >= 15 is 0 Å². The number of halogens is 2. The maximum Gasteiger partial charge on any atom is 0.254 e. The van der Waals surface area contributed by atoms with E-state index in [1.54, 1.807) is 29.5 Å². The fraction of sp³-hybridized carbons (Fsp3) is 0.0417. The Morgan fingerprint density at radius 2 is 1.84 bits per heavy atom. The lowest BCUT2D eigenvalue weighted by atomic mass is 10.1. The number of aryl methyl sites for hydroxylation is 1. The summed E-state index contributed by atoms with van der Waals surface area (Å²) < 4.78 is 6.99. The van der Waals surface area contributed by atoms with Crippen LogP contribution in [0.1, 0.15) is 15.9 Å². The Bertz CT molecular complexity index is 1590. The summed E-state index contributed by atoms with van der Waals surface area (Å²) in [7, 11) is 0. The van der Waals surface area contributed by atoms with Gasteiger partial charge in [0.2, 0.25) is 5.55 Å². The van der Waals surface area contributed by atoms with E-state index < -0.39 is 5.91 Å². The first-order valence-electron chi connectivity index (χ1n) is 9.62. The molecule has 0 bridgehead atoms. The Kier molecular flexibility index (Phi) is 5.21. The molecule has 8 heteroatoms. The van der Waals surface area contributed by atoms with Crippen molar-refractivity contribution < 1.29 is 9.21 Å². The zero-order valence-electron chi connectivity index (χ0n) is 16.7. The molecule has 5 rings (SSSR count). The normalized spacial score (nSPS) is 12.0. The van der Waals surface area contributed by atoms with Gasteiger partial charge in [-0.05, 0) is 67.1 Å². The molecule has 1 amide bonds. The van der Waals surface area contributed by atoms with Crippen LogP contribution in [0.25, 0.3) is 31.8 Å². The van der Waals surface area contributed by atoms with E-state index in [0.29, 0.717) is 26.7 Å². The average Bonchev–Trinajstić information content (AvgIpc) is 3.17. The molecule has 0 unspecified atom stereocenters. The van der Waals surface area contributed by atoms with Gasteiger partial charge in [0.15, 0.2) is 5.58 Å². The van der Waals surface area contributed by atoms with Crippen molar-refractivity contribution in [2.24, 2.45) is 10.7 Å². The van der Waals surface area contributed by atoms with E-state index in [-0.39, 0.29) is 11.1 Å². The average molecular weight is 480 g/mol. The number of carbonyl (C=O) groups is 1. The lowest BCUT2D eigenvalue weighted by Gasteiger charge is -2.04. The Balaban J connectivity index is 1.58. The first-order valence-corrected chi connectivity index (χ1v) is 11.2. The van der Waals surface area contributed by atoms with Crippen molar-refractivity contribution in [3.8, 4) is 10.6 Å². The molecule has 0 radical (unpaired) electrons. The number of hydrogen-bond acceptors (Lipinski definition) is 5. The Morgan fingerprint density at radius 3 is 2.59 bits per heavy atom. The van der Waals surface area contributed by atoms with Crippen LogP contribution in [0.3, 0.4) is 0 Å². The Morgan fingerprint density at radius 1 is 1.06 bits per heavy atom. The van der Waals surface area contributed by atoms with Crippen LogP contribution < -0.4 is 11.3 Å². The Labute approximate surface area is 196 Å². The second-order valence-corrected chi connectivity index (χ2v) is 9.16. The number of hydrogen-bond donors (Lipinski definition) is 1. The number of nitrogens with zero attached hydrogens (tertiary/aromatic N) is 2. The molecule has 0 saturated heterocycles.